The average Bonchev–Trinajstić information content (AvgIpc) is 4.13. The molecular weight excluding hydrogens is 899 g/mol. The molecule has 362 valence electrons. The molecule has 1 aliphatic carbocycles. The van der Waals surface area contributed by atoms with Crippen molar-refractivity contribution in [1.29, 1.82) is 0 Å². The van der Waals surface area contributed by atoms with Gasteiger partial charge in [-0.05, 0) is 118 Å². The van der Waals surface area contributed by atoms with Gasteiger partial charge in [-0.15, -0.1) is 0 Å². The number of amides is 2. The predicted octanol–water partition coefficient (Wildman–Crippen LogP) is 6.74. The number of carbonyl (C=O) groups excluding carboxylic acids is 2. The normalized spacial score (nSPS) is 27.4. The number of hydrogen-bond acceptors (Lipinski definition) is 13. The fourth-order valence-electron chi connectivity index (χ4n) is 11.8. The summed E-state index contributed by atoms with van der Waals surface area (Å²) < 4.78 is 53.7. The van der Waals surface area contributed by atoms with Crippen molar-refractivity contribution in [3.63, 3.8) is 0 Å². The molecule has 2 amide bonds. The molecule has 19 heteroatoms. The third-order valence-corrected chi connectivity index (χ3v) is 16.5. The smallest absolute Gasteiger partial charge is 0.301 e. The van der Waals surface area contributed by atoms with Crippen LogP contribution in [0.2, 0.25) is 5.02 Å². The van der Waals surface area contributed by atoms with E-state index in [1.165, 1.54) is 6.07 Å². The molecule has 6 aliphatic heterocycles. The second kappa shape index (κ2) is 17.3. The lowest BCUT2D eigenvalue weighted by molar-refractivity contribution is -0.134. The summed E-state index contributed by atoms with van der Waals surface area (Å²) in [4.78, 5) is 42.6. The fraction of sp³-hybridized carbons (Fsp3) is 0.571. The number of hydrogen-bond donors (Lipinski definition) is 4. The van der Waals surface area contributed by atoms with E-state index in [9.17, 15) is 14.7 Å². The number of carbonyl (C=O) groups is 2. The van der Waals surface area contributed by atoms with Gasteiger partial charge in [0.05, 0.1) is 40.8 Å². The molecule has 2 aromatic heterocycles. The highest BCUT2D eigenvalue weighted by Gasteiger charge is 2.52. The van der Waals surface area contributed by atoms with Crippen LogP contribution in [-0.4, -0.2) is 119 Å². The number of halogens is 4. The molecule has 68 heavy (non-hydrogen) atoms. The third-order valence-electron chi connectivity index (χ3n) is 16.2. The van der Waals surface area contributed by atoms with Crippen molar-refractivity contribution >= 4 is 68.8 Å². The van der Waals surface area contributed by atoms with Crippen LogP contribution in [0.5, 0.6) is 0 Å². The molecule has 5 fully saturated rings. The molecular formula is C49H59ClF3N11O4. The lowest BCUT2D eigenvalue weighted by Gasteiger charge is -2.48. The topological polar surface area (TPSA) is 156 Å². The predicted molar refractivity (Wildman–Crippen MR) is 253 cm³/mol. The number of aromatic nitrogens is 4. The van der Waals surface area contributed by atoms with Crippen LogP contribution in [-0.2, 0) is 21.4 Å². The van der Waals surface area contributed by atoms with Crippen molar-refractivity contribution in [1.82, 2.24) is 35.3 Å². The summed E-state index contributed by atoms with van der Waals surface area (Å²) in [5.41, 5.74) is 4.46. The number of rotatable bonds is 8. The zero-order chi connectivity index (χ0) is 47.2. The van der Waals surface area contributed by atoms with Crippen LogP contribution >= 0.6 is 11.6 Å². The first-order valence-corrected chi connectivity index (χ1v) is 24.6. The molecule has 1 spiro atoms. The SMILES string of the molecule is C[C@H]1CN(c2cc3c(cc2F)c(C2CCC(=O)NC2=O)nn3C)CC[C@@H]1CN1CCC2(CC1)CCN(c1ncc(Cl)c(Nc3ccc4c(c3)C3=C(OCC(F)(F)[C@H](C5CC5)N3)C(O)N4C)n1)CC2. The maximum atomic E-state index is 15.9. The summed E-state index contributed by atoms with van der Waals surface area (Å²) in [5, 5.41) is 25.5. The highest BCUT2D eigenvalue weighted by atomic mass is 35.5. The molecule has 0 bridgehead atoms. The van der Waals surface area contributed by atoms with Gasteiger partial charge in [-0.1, -0.05) is 18.5 Å². The summed E-state index contributed by atoms with van der Waals surface area (Å²) in [5.74, 6) is -2.81. The number of aryl methyl sites for hydroxylation is 1. The standard InChI is InChI=1S/C49H59ClF3N11O4/c1-27-24-64(38-22-37-33(21-35(38)51)40(59-61(37)3)31-7-9-39(65)56-45(31)66)15-10-29(27)25-62-16-11-48(12-17-62)13-18-63(19-14-48)47-54-23-34(50)44(58-47)55-30-6-8-36-32(20-30)41-42(46(67)60(36)2)68-26-49(52,53)43(57-41)28-4-5-28/h6,8,20-23,27-29,31,43,46,57,67H,4-5,7,9-19,24-26H2,1-3H3,(H,54,55,58)(H,56,65,66)/t27-,29+,31?,43-,46?/m0/s1. The van der Waals surface area contributed by atoms with Crippen molar-refractivity contribution in [2.75, 3.05) is 79.5 Å². The molecule has 0 radical (unpaired) electrons. The Morgan fingerprint density at radius 1 is 0.971 bits per heavy atom. The maximum Gasteiger partial charge on any atom is 0.301 e. The van der Waals surface area contributed by atoms with E-state index in [2.05, 4.69) is 47.7 Å². The van der Waals surface area contributed by atoms with Gasteiger partial charge in [0.2, 0.25) is 17.8 Å². The van der Waals surface area contributed by atoms with Crippen LogP contribution in [0.25, 0.3) is 16.6 Å². The molecule has 2 unspecified atom stereocenters. The average molecular weight is 959 g/mol. The fourth-order valence-corrected chi connectivity index (χ4v) is 11.9. The van der Waals surface area contributed by atoms with Gasteiger partial charge in [0.1, 0.15) is 10.8 Å². The van der Waals surface area contributed by atoms with Gasteiger partial charge in [0, 0.05) is 75.6 Å². The number of aliphatic hydroxyl groups is 1. The van der Waals surface area contributed by atoms with Crippen LogP contribution in [0.4, 0.5) is 42.0 Å². The number of benzene rings is 2. The van der Waals surface area contributed by atoms with Crippen LogP contribution in [0.1, 0.15) is 81.9 Å². The number of imide groups is 1. The van der Waals surface area contributed by atoms with Gasteiger partial charge < -0.3 is 40.1 Å². The third kappa shape index (κ3) is 8.26. The minimum Gasteiger partial charge on any atom is -0.485 e. The van der Waals surface area contributed by atoms with E-state index in [4.69, 9.17) is 21.3 Å². The van der Waals surface area contributed by atoms with E-state index in [1.54, 1.807) is 22.8 Å². The highest BCUT2D eigenvalue weighted by Crippen LogP contribution is 2.47. The van der Waals surface area contributed by atoms with E-state index < -0.39 is 30.7 Å². The molecule has 7 aliphatic rings. The number of piperidine rings is 4. The minimum absolute atomic E-state index is 0.0871. The molecule has 8 heterocycles. The van der Waals surface area contributed by atoms with Crippen LogP contribution in [0, 0.1) is 29.0 Å². The number of nitrogens with zero attached hydrogens (tertiary/aromatic N) is 8. The van der Waals surface area contributed by atoms with Crippen LogP contribution in [0.3, 0.4) is 0 Å². The van der Waals surface area contributed by atoms with Crippen LogP contribution < -0.4 is 30.7 Å². The van der Waals surface area contributed by atoms with Gasteiger partial charge in [-0.25, -0.2) is 18.2 Å². The molecule has 15 nitrogen and oxygen atoms in total. The lowest BCUT2D eigenvalue weighted by Crippen LogP contribution is -2.49. The first-order chi connectivity index (χ1) is 32.6. The Hall–Kier alpha value is -5.33. The zero-order valence-corrected chi connectivity index (χ0v) is 39.5. The lowest BCUT2D eigenvalue weighted by atomic mass is 9.71. The van der Waals surface area contributed by atoms with E-state index in [1.807, 2.05) is 31.3 Å². The number of anilines is 5. The van der Waals surface area contributed by atoms with Gasteiger partial charge in [0.25, 0.3) is 0 Å². The van der Waals surface area contributed by atoms with Gasteiger partial charge in [-0.3, -0.25) is 19.6 Å². The first-order valence-electron chi connectivity index (χ1n) is 24.2. The van der Waals surface area contributed by atoms with Crippen LogP contribution in [0.15, 0.2) is 42.3 Å². The first kappa shape index (κ1) is 45.1. The number of ether oxygens (including phenoxy) is 1. The summed E-state index contributed by atoms with van der Waals surface area (Å²) in [6.07, 6.45) is 7.79. The highest BCUT2D eigenvalue weighted by molar-refractivity contribution is 6.33. The van der Waals surface area contributed by atoms with Crippen molar-refractivity contribution < 1.29 is 32.6 Å². The Morgan fingerprint density at radius 3 is 2.47 bits per heavy atom. The van der Waals surface area contributed by atoms with E-state index in [0.29, 0.717) is 74.4 Å². The van der Waals surface area contributed by atoms with Crippen molar-refractivity contribution in [3.05, 3.63) is 64.4 Å². The monoisotopic (exact) mass is 957 g/mol. The van der Waals surface area contributed by atoms with Gasteiger partial charge in [0.15, 0.2) is 24.4 Å². The second-order valence-corrected chi connectivity index (χ2v) is 21.0. The van der Waals surface area contributed by atoms with E-state index in [-0.39, 0.29) is 41.1 Å². The zero-order valence-electron chi connectivity index (χ0n) is 38.7. The Kier molecular flexibility index (Phi) is 11.5. The summed E-state index contributed by atoms with van der Waals surface area (Å²) in [6, 6.07) is 7.84. The number of alkyl halides is 2. The van der Waals surface area contributed by atoms with E-state index in [0.717, 1.165) is 96.3 Å². The van der Waals surface area contributed by atoms with Gasteiger partial charge in [-0.2, -0.15) is 10.1 Å². The number of fused-ring (bicyclic) bond motifs is 3. The van der Waals surface area contributed by atoms with Crippen molar-refractivity contribution in [2.45, 2.75) is 88.8 Å². The summed E-state index contributed by atoms with van der Waals surface area (Å²) in [7, 11) is 3.52. The summed E-state index contributed by atoms with van der Waals surface area (Å²) in [6.45, 7) is 7.81. The molecule has 11 rings (SSSR count). The quantitative estimate of drug-likeness (QED) is 0.138. The molecule has 4 aromatic rings. The molecule has 2 aromatic carbocycles. The van der Waals surface area contributed by atoms with Crippen molar-refractivity contribution in [3.8, 4) is 0 Å². The van der Waals surface area contributed by atoms with Crippen molar-refractivity contribution in [2.24, 2.45) is 30.2 Å². The maximum absolute atomic E-state index is 15.9. The Balaban J connectivity index is 0.691. The number of likely N-dealkylation sites (N-methyl/N-ethyl adjacent to an activating group) is 1. The Morgan fingerprint density at radius 2 is 1.74 bits per heavy atom. The summed E-state index contributed by atoms with van der Waals surface area (Å²) >= 11 is 6.69. The second-order valence-electron chi connectivity index (χ2n) is 20.5. The van der Waals surface area contributed by atoms with E-state index >= 15 is 13.2 Å². The number of nitrogens with one attached hydrogen (secondary N) is 3. The Bertz CT molecular complexity index is 2680. The molecule has 4 N–H and O–H groups in total. The van der Waals surface area contributed by atoms with Gasteiger partial charge >= 0.3 is 5.92 Å². The number of aliphatic hydroxyl groups excluding tert-OH is 1. The molecule has 1 saturated carbocycles. The molecule has 4 saturated heterocycles. The minimum atomic E-state index is -3.09. The number of likely N-dealkylation sites (tertiary alicyclic amines) is 1. The largest absolute Gasteiger partial charge is 0.485 e. The molecule has 5 atom stereocenters. The Labute approximate surface area is 398 Å².